The Morgan fingerprint density at radius 1 is 0.969 bits per heavy atom. The van der Waals surface area contributed by atoms with Gasteiger partial charge in [0.15, 0.2) is 0 Å². The lowest BCUT2D eigenvalue weighted by molar-refractivity contribution is -0.268. The number of carbonyl (C=O) groups is 1. The van der Waals surface area contributed by atoms with Gasteiger partial charge in [-0.3, -0.25) is 0 Å². The van der Waals surface area contributed by atoms with Crippen molar-refractivity contribution in [1.29, 1.82) is 0 Å². The Morgan fingerprint density at radius 2 is 1.72 bits per heavy atom. The van der Waals surface area contributed by atoms with E-state index in [0.29, 0.717) is 26.2 Å². The van der Waals surface area contributed by atoms with E-state index in [0.717, 1.165) is 22.4 Å². The molecule has 0 aromatic heterocycles. The molecule has 6 heteroatoms. The van der Waals surface area contributed by atoms with Crippen LogP contribution in [-0.2, 0) is 18.0 Å². The lowest BCUT2D eigenvalue weighted by Gasteiger charge is -2.40. The first kappa shape index (κ1) is 21.8. The van der Waals surface area contributed by atoms with Crippen molar-refractivity contribution in [1.82, 2.24) is 4.90 Å². The highest BCUT2D eigenvalue weighted by atomic mass is 19.1. The van der Waals surface area contributed by atoms with E-state index in [1.54, 1.807) is 12.1 Å². The van der Waals surface area contributed by atoms with Crippen LogP contribution < -0.4 is 9.84 Å². The van der Waals surface area contributed by atoms with Crippen LogP contribution in [0.4, 0.5) is 9.18 Å². The lowest BCUT2D eigenvalue weighted by atomic mass is 9.87. The van der Waals surface area contributed by atoms with Gasteiger partial charge in [0.05, 0.1) is 12.7 Å². The zero-order valence-electron chi connectivity index (χ0n) is 17.7. The molecule has 1 aliphatic rings. The second kappa shape index (κ2) is 10.3. The predicted octanol–water partition coefficient (Wildman–Crippen LogP) is 4.12. The zero-order valence-corrected chi connectivity index (χ0v) is 17.7. The highest BCUT2D eigenvalue weighted by molar-refractivity contribution is 5.62. The molecule has 3 aromatic rings. The van der Waals surface area contributed by atoms with Gasteiger partial charge in [-0.1, -0.05) is 54.6 Å². The summed E-state index contributed by atoms with van der Waals surface area (Å²) in [7, 11) is 0. The molecule has 4 rings (SSSR count). The minimum atomic E-state index is -1.20. The largest absolute Gasteiger partial charge is 0.530 e. The summed E-state index contributed by atoms with van der Waals surface area (Å²) in [6.45, 7) is 1.37. The minimum absolute atomic E-state index is 0.0243. The molecule has 2 atom stereocenters. The first-order chi connectivity index (χ1) is 15.6. The SMILES string of the molecule is O=C([O-])N1CCC(c2ccc(F)cc2)C(OCc2cccc(OCc3ccccc3)c2)C1. The van der Waals surface area contributed by atoms with Gasteiger partial charge in [-0.05, 0) is 47.4 Å². The summed E-state index contributed by atoms with van der Waals surface area (Å²) in [5.41, 5.74) is 2.95. The topological polar surface area (TPSA) is 61.8 Å². The molecule has 0 bridgehead atoms. The number of piperidine rings is 1. The molecule has 1 saturated heterocycles. The lowest BCUT2D eigenvalue weighted by Crippen LogP contribution is -2.51. The number of likely N-dealkylation sites (tertiary alicyclic amines) is 1. The van der Waals surface area contributed by atoms with E-state index < -0.39 is 6.09 Å². The molecule has 1 amide bonds. The maximum atomic E-state index is 13.4. The number of ether oxygens (including phenoxy) is 2. The number of amides is 1. The van der Waals surface area contributed by atoms with Crippen molar-refractivity contribution < 1.29 is 23.8 Å². The van der Waals surface area contributed by atoms with Gasteiger partial charge >= 0.3 is 0 Å². The van der Waals surface area contributed by atoms with E-state index in [9.17, 15) is 14.3 Å². The Bertz CT molecular complexity index is 1030. The Morgan fingerprint density at radius 3 is 2.47 bits per heavy atom. The van der Waals surface area contributed by atoms with Gasteiger partial charge in [0.1, 0.15) is 24.3 Å². The molecule has 1 aliphatic heterocycles. The summed E-state index contributed by atoms with van der Waals surface area (Å²) in [6.07, 6.45) is -0.974. The van der Waals surface area contributed by atoms with Crippen LogP contribution >= 0.6 is 0 Å². The number of nitrogens with zero attached hydrogens (tertiary/aromatic N) is 1. The standard InChI is InChI=1S/C26H26FNO4/c27-22-11-9-21(10-12-22)24-13-14-28(26(29)30)16-25(24)32-18-20-7-4-8-23(15-20)31-17-19-5-2-1-3-6-19/h1-12,15,24-25H,13-14,16-18H2,(H,29,30)/p-1. The quantitative estimate of drug-likeness (QED) is 0.561. The number of rotatable bonds is 7. The third-order valence-corrected chi connectivity index (χ3v) is 5.73. The van der Waals surface area contributed by atoms with Crippen LogP contribution in [0.25, 0.3) is 0 Å². The third-order valence-electron chi connectivity index (χ3n) is 5.73. The predicted molar refractivity (Wildman–Crippen MR) is 117 cm³/mol. The molecule has 0 N–H and O–H groups in total. The normalized spacial score (nSPS) is 18.3. The fourth-order valence-corrected chi connectivity index (χ4v) is 4.01. The van der Waals surface area contributed by atoms with Crippen LogP contribution in [0.3, 0.4) is 0 Å². The van der Waals surface area contributed by atoms with E-state index in [1.807, 2.05) is 54.6 Å². The molecule has 166 valence electrons. The number of hydrogen-bond donors (Lipinski definition) is 0. The first-order valence-electron chi connectivity index (χ1n) is 10.7. The van der Waals surface area contributed by atoms with E-state index >= 15 is 0 Å². The van der Waals surface area contributed by atoms with E-state index in [2.05, 4.69) is 0 Å². The molecular formula is C26H25FNO4-. The van der Waals surface area contributed by atoms with Gasteiger partial charge in [-0.25, -0.2) is 4.39 Å². The van der Waals surface area contributed by atoms with Gasteiger partial charge in [-0.2, -0.15) is 0 Å². The number of carboxylic acid groups (broad SMARTS) is 1. The molecular weight excluding hydrogens is 409 g/mol. The molecule has 5 nitrogen and oxygen atoms in total. The molecule has 32 heavy (non-hydrogen) atoms. The summed E-state index contributed by atoms with van der Waals surface area (Å²) in [4.78, 5) is 12.7. The summed E-state index contributed by atoms with van der Waals surface area (Å²) >= 11 is 0. The monoisotopic (exact) mass is 434 g/mol. The van der Waals surface area contributed by atoms with E-state index in [-0.39, 0.29) is 24.4 Å². The highest BCUT2D eigenvalue weighted by Gasteiger charge is 2.31. The fourth-order valence-electron chi connectivity index (χ4n) is 4.01. The maximum absolute atomic E-state index is 13.4. The van der Waals surface area contributed by atoms with Crippen LogP contribution in [0.1, 0.15) is 29.0 Å². The number of halogens is 1. The van der Waals surface area contributed by atoms with Gasteiger partial charge < -0.3 is 24.3 Å². The van der Waals surface area contributed by atoms with Crippen LogP contribution in [0.5, 0.6) is 5.75 Å². The summed E-state index contributed by atoms with van der Waals surface area (Å²) in [5, 5.41) is 11.4. The third kappa shape index (κ3) is 5.65. The van der Waals surface area contributed by atoms with Gasteiger partial charge in [-0.15, -0.1) is 0 Å². The molecule has 3 aromatic carbocycles. The Kier molecular flexibility index (Phi) is 7.02. The molecule has 1 heterocycles. The molecule has 0 aliphatic carbocycles. The van der Waals surface area contributed by atoms with Crippen LogP contribution in [0.15, 0.2) is 78.9 Å². The van der Waals surface area contributed by atoms with Crippen molar-refractivity contribution in [2.45, 2.75) is 31.7 Å². The van der Waals surface area contributed by atoms with Crippen molar-refractivity contribution in [3.63, 3.8) is 0 Å². The van der Waals surface area contributed by atoms with Gasteiger partial charge in [0, 0.05) is 19.0 Å². The van der Waals surface area contributed by atoms with Crippen molar-refractivity contribution in [2.75, 3.05) is 13.1 Å². The average molecular weight is 434 g/mol. The zero-order chi connectivity index (χ0) is 22.3. The summed E-state index contributed by atoms with van der Waals surface area (Å²) in [5.74, 6) is 0.416. The maximum Gasteiger partial charge on any atom is 0.137 e. The van der Waals surface area contributed by atoms with Gasteiger partial charge in [0.2, 0.25) is 0 Å². The molecule has 2 unspecified atom stereocenters. The smallest absolute Gasteiger partial charge is 0.137 e. The Labute approximate surface area is 187 Å². The fraction of sp³-hybridized carbons (Fsp3) is 0.269. The summed E-state index contributed by atoms with van der Waals surface area (Å²) in [6, 6.07) is 23.9. The average Bonchev–Trinajstić information content (AvgIpc) is 2.83. The van der Waals surface area contributed by atoms with Crippen LogP contribution in [0, 0.1) is 5.82 Å². The van der Waals surface area contributed by atoms with Crippen molar-refractivity contribution in [2.24, 2.45) is 0 Å². The highest BCUT2D eigenvalue weighted by Crippen LogP contribution is 2.31. The molecule has 0 radical (unpaired) electrons. The second-order valence-corrected chi connectivity index (χ2v) is 7.93. The van der Waals surface area contributed by atoms with Crippen molar-refractivity contribution >= 4 is 6.09 Å². The van der Waals surface area contributed by atoms with Gasteiger partial charge in [0.25, 0.3) is 0 Å². The van der Waals surface area contributed by atoms with Crippen LogP contribution in [-0.4, -0.2) is 30.2 Å². The van der Waals surface area contributed by atoms with Crippen molar-refractivity contribution in [3.8, 4) is 5.75 Å². The van der Waals surface area contributed by atoms with Crippen LogP contribution in [0.2, 0.25) is 0 Å². The number of hydrogen-bond acceptors (Lipinski definition) is 4. The second-order valence-electron chi connectivity index (χ2n) is 7.93. The Balaban J connectivity index is 1.42. The number of carbonyl (C=O) groups excluding carboxylic acids is 1. The number of benzene rings is 3. The Hall–Kier alpha value is -3.38. The summed E-state index contributed by atoms with van der Waals surface area (Å²) < 4.78 is 25.4. The molecule has 0 spiro atoms. The minimum Gasteiger partial charge on any atom is -0.530 e. The van der Waals surface area contributed by atoms with Crippen molar-refractivity contribution in [3.05, 3.63) is 101 Å². The molecule has 1 fully saturated rings. The van der Waals surface area contributed by atoms with E-state index in [4.69, 9.17) is 9.47 Å². The van der Waals surface area contributed by atoms with E-state index in [1.165, 1.54) is 17.0 Å². The first-order valence-corrected chi connectivity index (χ1v) is 10.7. The molecule has 0 saturated carbocycles.